The first-order valence-electron chi connectivity index (χ1n) is 3.71. The summed E-state index contributed by atoms with van der Waals surface area (Å²) in [5.74, 6) is -0.497. The molecule has 1 saturated heterocycles. The maximum Gasteiger partial charge on any atom is 0.303 e. The third-order valence-electron chi connectivity index (χ3n) is 1.75. The summed E-state index contributed by atoms with van der Waals surface area (Å²) in [5.41, 5.74) is 0. The highest BCUT2D eigenvalue weighted by Crippen LogP contribution is 2.21. The number of esters is 1. The van der Waals surface area contributed by atoms with E-state index in [-0.39, 0.29) is 0 Å². The summed E-state index contributed by atoms with van der Waals surface area (Å²) < 4.78 is 9.55. The van der Waals surface area contributed by atoms with E-state index in [2.05, 4.69) is 0 Å². The molecule has 0 radical (unpaired) electrons. The van der Waals surface area contributed by atoms with Crippen LogP contribution in [-0.4, -0.2) is 40.8 Å². The van der Waals surface area contributed by atoms with Crippen LogP contribution < -0.4 is 0 Å². The molecule has 1 aliphatic rings. The van der Waals surface area contributed by atoms with Crippen molar-refractivity contribution in [3.8, 4) is 0 Å². The predicted octanol–water partition coefficient (Wildman–Crippen LogP) is -0.984. The summed E-state index contributed by atoms with van der Waals surface area (Å²) in [4.78, 5) is 10.5. The van der Waals surface area contributed by atoms with Gasteiger partial charge in [0.15, 0.2) is 12.4 Å². The zero-order valence-electron chi connectivity index (χ0n) is 6.93. The molecule has 5 nitrogen and oxygen atoms in total. The van der Waals surface area contributed by atoms with E-state index in [1.54, 1.807) is 6.92 Å². The van der Waals surface area contributed by atoms with Gasteiger partial charge >= 0.3 is 5.97 Å². The third-order valence-corrected chi connectivity index (χ3v) is 1.75. The van der Waals surface area contributed by atoms with Crippen molar-refractivity contribution in [2.24, 2.45) is 0 Å². The van der Waals surface area contributed by atoms with Gasteiger partial charge < -0.3 is 19.7 Å². The van der Waals surface area contributed by atoms with Crippen LogP contribution in [0.1, 0.15) is 13.8 Å². The zero-order chi connectivity index (χ0) is 9.30. The van der Waals surface area contributed by atoms with Gasteiger partial charge in [0.25, 0.3) is 0 Å². The Hall–Kier alpha value is -0.650. The Morgan fingerprint density at radius 2 is 2.08 bits per heavy atom. The predicted molar refractivity (Wildman–Crippen MR) is 38.1 cm³/mol. The fourth-order valence-electron chi connectivity index (χ4n) is 1.17. The van der Waals surface area contributed by atoms with Crippen LogP contribution in [0.4, 0.5) is 0 Å². The van der Waals surface area contributed by atoms with Crippen LogP contribution >= 0.6 is 0 Å². The minimum Gasteiger partial charge on any atom is -0.457 e. The van der Waals surface area contributed by atoms with Crippen molar-refractivity contribution < 1.29 is 24.5 Å². The third kappa shape index (κ3) is 1.74. The topological polar surface area (TPSA) is 76.0 Å². The molecule has 5 heteroatoms. The second-order valence-electron chi connectivity index (χ2n) is 2.80. The Labute approximate surface area is 69.9 Å². The molecule has 0 aromatic carbocycles. The lowest BCUT2D eigenvalue weighted by Gasteiger charge is -2.16. The Kier molecular flexibility index (Phi) is 2.66. The standard InChI is InChI=1S/C7H12O5/c1-3-6(12-4(2)8)5(9)7(10)11-3/h3,5-7,9-10H,1-2H3. The molecule has 1 rings (SSSR count). The molecule has 0 aromatic rings. The van der Waals surface area contributed by atoms with Gasteiger partial charge in [-0.3, -0.25) is 4.79 Å². The number of carbonyl (C=O) groups is 1. The Bertz CT molecular complexity index is 181. The van der Waals surface area contributed by atoms with Crippen LogP contribution in [0.3, 0.4) is 0 Å². The van der Waals surface area contributed by atoms with E-state index >= 15 is 0 Å². The normalized spacial score (nSPS) is 41.3. The number of hydrogen-bond acceptors (Lipinski definition) is 5. The second-order valence-corrected chi connectivity index (χ2v) is 2.80. The molecule has 70 valence electrons. The number of aliphatic hydroxyl groups excluding tert-OH is 2. The molecule has 4 unspecified atom stereocenters. The van der Waals surface area contributed by atoms with Crippen molar-refractivity contribution in [2.75, 3.05) is 0 Å². The number of carbonyl (C=O) groups excluding carboxylic acids is 1. The van der Waals surface area contributed by atoms with Crippen LogP contribution in [0.25, 0.3) is 0 Å². The molecule has 0 amide bonds. The molecule has 0 aliphatic carbocycles. The quantitative estimate of drug-likeness (QED) is 0.502. The van der Waals surface area contributed by atoms with E-state index in [4.69, 9.17) is 14.6 Å². The van der Waals surface area contributed by atoms with Gasteiger partial charge in [0.2, 0.25) is 0 Å². The minimum atomic E-state index is -1.26. The Morgan fingerprint density at radius 3 is 2.42 bits per heavy atom. The van der Waals surface area contributed by atoms with Crippen LogP contribution in [0.15, 0.2) is 0 Å². The van der Waals surface area contributed by atoms with Crippen molar-refractivity contribution >= 4 is 5.97 Å². The summed E-state index contributed by atoms with van der Waals surface area (Å²) in [6.45, 7) is 2.86. The average molecular weight is 176 g/mol. The van der Waals surface area contributed by atoms with Gasteiger partial charge in [-0.1, -0.05) is 0 Å². The summed E-state index contributed by atoms with van der Waals surface area (Å²) in [7, 11) is 0. The zero-order valence-corrected chi connectivity index (χ0v) is 6.93. The maximum atomic E-state index is 10.5. The molecule has 0 aromatic heterocycles. The first-order chi connectivity index (χ1) is 5.52. The van der Waals surface area contributed by atoms with E-state index in [9.17, 15) is 9.90 Å². The molecule has 4 atom stereocenters. The van der Waals surface area contributed by atoms with Crippen molar-refractivity contribution in [1.82, 2.24) is 0 Å². The fourth-order valence-corrected chi connectivity index (χ4v) is 1.17. The van der Waals surface area contributed by atoms with E-state index in [1.165, 1.54) is 6.92 Å². The van der Waals surface area contributed by atoms with Gasteiger partial charge in [-0.25, -0.2) is 0 Å². The molecule has 0 saturated carbocycles. The van der Waals surface area contributed by atoms with Crippen molar-refractivity contribution in [3.05, 3.63) is 0 Å². The van der Waals surface area contributed by atoms with Gasteiger partial charge in [0, 0.05) is 6.92 Å². The van der Waals surface area contributed by atoms with E-state index < -0.39 is 30.6 Å². The molecule has 0 spiro atoms. The molecule has 1 aliphatic heterocycles. The van der Waals surface area contributed by atoms with Crippen molar-refractivity contribution in [2.45, 2.75) is 38.4 Å². The molecule has 12 heavy (non-hydrogen) atoms. The van der Waals surface area contributed by atoms with E-state index in [1.807, 2.05) is 0 Å². The molecule has 1 fully saturated rings. The maximum absolute atomic E-state index is 10.5. The molecule has 0 bridgehead atoms. The molecule has 2 N–H and O–H groups in total. The highest BCUT2D eigenvalue weighted by Gasteiger charge is 2.42. The van der Waals surface area contributed by atoms with Crippen LogP contribution in [0, 0.1) is 0 Å². The van der Waals surface area contributed by atoms with Crippen LogP contribution in [0.2, 0.25) is 0 Å². The highest BCUT2D eigenvalue weighted by molar-refractivity contribution is 5.66. The largest absolute Gasteiger partial charge is 0.457 e. The van der Waals surface area contributed by atoms with E-state index in [0.29, 0.717) is 0 Å². The monoisotopic (exact) mass is 176 g/mol. The number of rotatable bonds is 1. The Morgan fingerprint density at radius 1 is 1.50 bits per heavy atom. The molecular weight excluding hydrogens is 164 g/mol. The first kappa shape index (κ1) is 9.44. The number of ether oxygens (including phenoxy) is 2. The summed E-state index contributed by atoms with van der Waals surface area (Å²) >= 11 is 0. The second kappa shape index (κ2) is 3.38. The Balaban J connectivity index is 2.57. The summed E-state index contributed by atoms with van der Waals surface area (Å²) in [6.07, 6.45) is -3.65. The molecular formula is C7H12O5. The number of hydrogen-bond donors (Lipinski definition) is 2. The van der Waals surface area contributed by atoms with Crippen LogP contribution in [0.5, 0.6) is 0 Å². The van der Waals surface area contributed by atoms with Gasteiger partial charge in [-0.15, -0.1) is 0 Å². The SMILES string of the molecule is CC(=O)OC1C(C)OC(O)C1O. The summed E-state index contributed by atoms with van der Waals surface area (Å²) in [6, 6.07) is 0. The van der Waals surface area contributed by atoms with Crippen molar-refractivity contribution in [3.63, 3.8) is 0 Å². The average Bonchev–Trinajstić information content (AvgIpc) is 2.16. The van der Waals surface area contributed by atoms with E-state index in [0.717, 1.165) is 0 Å². The van der Waals surface area contributed by atoms with Gasteiger partial charge in [-0.05, 0) is 6.92 Å². The van der Waals surface area contributed by atoms with Gasteiger partial charge in [0.05, 0.1) is 6.10 Å². The van der Waals surface area contributed by atoms with Gasteiger partial charge in [0.1, 0.15) is 6.10 Å². The lowest BCUT2D eigenvalue weighted by atomic mass is 10.1. The van der Waals surface area contributed by atoms with Crippen LogP contribution in [-0.2, 0) is 14.3 Å². The first-order valence-corrected chi connectivity index (χ1v) is 3.71. The highest BCUT2D eigenvalue weighted by atomic mass is 16.7. The lowest BCUT2D eigenvalue weighted by molar-refractivity contribution is -0.152. The minimum absolute atomic E-state index is 0.473. The molecule has 1 heterocycles. The number of aliphatic hydroxyl groups is 2. The van der Waals surface area contributed by atoms with Gasteiger partial charge in [-0.2, -0.15) is 0 Å². The van der Waals surface area contributed by atoms with Crippen molar-refractivity contribution in [1.29, 1.82) is 0 Å². The summed E-state index contributed by atoms with van der Waals surface area (Å²) in [5, 5.41) is 18.2. The smallest absolute Gasteiger partial charge is 0.303 e. The lowest BCUT2D eigenvalue weighted by Crippen LogP contribution is -2.35. The fraction of sp³-hybridized carbons (Fsp3) is 0.857.